The van der Waals surface area contributed by atoms with E-state index in [1.54, 1.807) is 0 Å². The van der Waals surface area contributed by atoms with E-state index in [1.807, 2.05) is 18.8 Å². The Morgan fingerprint density at radius 2 is 2.07 bits per heavy atom. The lowest BCUT2D eigenvalue weighted by Gasteiger charge is -2.37. The van der Waals surface area contributed by atoms with Crippen LogP contribution in [0, 0.1) is 6.92 Å². The van der Waals surface area contributed by atoms with E-state index in [0.29, 0.717) is 0 Å². The molecule has 1 aromatic heterocycles. The van der Waals surface area contributed by atoms with Gasteiger partial charge in [-0.15, -0.1) is 24.0 Å². The summed E-state index contributed by atoms with van der Waals surface area (Å²) in [6, 6.07) is 6.41. The molecule has 1 aliphatic rings. The average molecular weight is 516 g/mol. The number of hydrogen-bond acceptors (Lipinski definition) is 3. The summed E-state index contributed by atoms with van der Waals surface area (Å²) in [7, 11) is 1.84. The maximum absolute atomic E-state index is 5.57. The Kier molecular flexibility index (Phi) is 9.43. The Balaban J connectivity index is 0.00000280. The first-order valence-electron chi connectivity index (χ1n) is 9.89. The number of nitrogens with zero attached hydrogens (tertiary/aromatic N) is 1. The highest BCUT2D eigenvalue weighted by Crippen LogP contribution is 2.34. The van der Waals surface area contributed by atoms with E-state index in [-0.39, 0.29) is 28.7 Å². The molecule has 1 aliphatic heterocycles. The normalized spacial score (nSPS) is 16.6. The van der Waals surface area contributed by atoms with Gasteiger partial charge in [-0.1, -0.05) is 19.1 Å². The molecule has 156 valence electrons. The summed E-state index contributed by atoms with van der Waals surface area (Å²) >= 11 is 2.05. The van der Waals surface area contributed by atoms with Crippen LogP contribution in [0.5, 0.6) is 0 Å². The zero-order valence-corrected chi connectivity index (χ0v) is 20.3. The van der Waals surface area contributed by atoms with E-state index >= 15 is 0 Å². The number of guanidine groups is 1. The minimum atomic E-state index is 0. The molecule has 2 heterocycles. The molecule has 3 N–H and O–H groups in total. The standard InChI is InChI=1S/C21H32N4OS.HI/c1-4-27-21(9-12-26-13-10-21)15-25-20(22-3)23-11-8-17-14-24-18-7-5-6-16(2)19(17)18;/h5-7,14,24H,4,8-13,15H2,1-3H3,(H2,22,23,25);1H. The number of benzene rings is 1. The number of fused-ring (bicyclic) bond motifs is 1. The molecule has 3 rings (SSSR count). The van der Waals surface area contributed by atoms with E-state index in [0.717, 1.165) is 57.3 Å². The number of hydrogen-bond donors (Lipinski definition) is 3. The van der Waals surface area contributed by atoms with Crippen LogP contribution >= 0.6 is 35.7 Å². The van der Waals surface area contributed by atoms with Crippen molar-refractivity contribution in [3.05, 3.63) is 35.5 Å². The van der Waals surface area contributed by atoms with Gasteiger partial charge in [-0.05, 0) is 49.1 Å². The first-order chi connectivity index (χ1) is 13.2. The molecule has 0 radical (unpaired) electrons. The van der Waals surface area contributed by atoms with Crippen molar-refractivity contribution in [2.75, 3.05) is 39.1 Å². The second kappa shape index (κ2) is 11.3. The molecule has 0 bridgehead atoms. The van der Waals surface area contributed by atoms with E-state index < -0.39 is 0 Å². The molecule has 0 aliphatic carbocycles. The summed E-state index contributed by atoms with van der Waals surface area (Å²) in [6.45, 7) is 7.92. The summed E-state index contributed by atoms with van der Waals surface area (Å²) in [4.78, 5) is 7.79. The molecule has 1 saturated heterocycles. The van der Waals surface area contributed by atoms with E-state index in [2.05, 4.69) is 58.9 Å². The number of aromatic nitrogens is 1. The quantitative estimate of drug-likeness (QED) is 0.295. The van der Waals surface area contributed by atoms with Gasteiger partial charge in [-0.25, -0.2) is 0 Å². The van der Waals surface area contributed by atoms with Gasteiger partial charge in [0, 0.05) is 55.2 Å². The van der Waals surface area contributed by atoms with Gasteiger partial charge in [0.2, 0.25) is 0 Å². The van der Waals surface area contributed by atoms with Crippen LogP contribution < -0.4 is 10.6 Å². The Bertz CT molecular complexity index is 765. The Morgan fingerprint density at radius 1 is 1.29 bits per heavy atom. The molecular weight excluding hydrogens is 483 g/mol. The zero-order valence-electron chi connectivity index (χ0n) is 17.1. The van der Waals surface area contributed by atoms with Crippen molar-refractivity contribution < 1.29 is 4.74 Å². The minimum Gasteiger partial charge on any atom is -0.381 e. The minimum absolute atomic E-state index is 0. The van der Waals surface area contributed by atoms with Crippen molar-refractivity contribution in [2.24, 2.45) is 4.99 Å². The fraction of sp³-hybridized carbons (Fsp3) is 0.571. The number of ether oxygens (including phenoxy) is 1. The van der Waals surface area contributed by atoms with E-state index in [4.69, 9.17) is 4.74 Å². The molecule has 28 heavy (non-hydrogen) atoms. The highest BCUT2D eigenvalue weighted by atomic mass is 127. The molecule has 0 unspecified atom stereocenters. The molecule has 2 aromatic rings. The summed E-state index contributed by atoms with van der Waals surface area (Å²) in [5.41, 5.74) is 3.89. The number of aromatic amines is 1. The predicted molar refractivity (Wildman–Crippen MR) is 132 cm³/mol. The smallest absolute Gasteiger partial charge is 0.191 e. The van der Waals surface area contributed by atoms with Crippen LogP contribution in [0.25, 0.3) is 10.9 Å². The fourth-order valence-corrected chi connectivity index (χ4v) is 5.09. The maximum atomic E-state index is 5.57. The summed E-state index contributed by atoms with van der Waals surface area (Å²) in [6.07, 6.45) is 5.30. The van der Waals surface area contributed by atoms with Gasteiger partial charge in [-0.2, -0.15) is 11.8 Å². The van der Waals surface area contributed by atoms with Gasteiger partial charge in [0.05, 0.1) is 0 Å². The number of thioether (sulfide) groups is 1. The van der Waals surface area contributed by atoms with Crippen LogP contribution in [0.4, 0.5) is 0 Å². The summed E-state index contributed by atoms with van der Waals surface area (Å²) in [5, 5.41) is 8.37. The maximum Gasteiger partial charge on any atom is 0.191 e. The van der Waals surface area contributed by atoms with Crippen LogP contribution in [0.1, 0.15) is 30.9 Å². The lowest BCUT2D eigenvalue weighted by Crippen LogP contribution is -2.48. The third-order valence-corrected chi connectivity index (χ3v) is 6.79. The van der Waals surface area contributed by atoms with Crippen LogP contribution in [-0.4, -0.2) is 54.8 Å². The molecule has 5 nitrogen and oxygen atoms in total. The van der Waals surface area contributed by atoms with Crippen molar-refractivity contribution in [1.82, 2.24) is 15.6 Å². The topological polar surface area (TPSA) is 61.4 Å². The van der Waals surface area contributed by atoms with Gasteiger partial charge in [0.15, 0.2) is 5.96 Å². The van der Waals surface area contributed by atoms with Gasteiger partial charge in [0.1, 0.15) is 0 Å². The SMILES string of the molecule is CCSC1(CNC(=NC)NCCc2c[nH]c3cccc(C)c23)CCOCC1.I. The third kappa shape index (κ3) is 5.79. The Morgan fingerprint density at radius 3 is 2.79 bits per heavy atom. The highest BCUT2D eigenvalue weighted by molar-refractivity contribution is 14.0. The third-order valence-electron chi connectivity index (χ3n) is 5.34. The highest BCUT2D eigenvalue weighted by Gasteiger charge is 2.32. The Hall–Kier alpha value is -0.930. The lowest BCUT2D eigenvalue weighted by molar-refractivity contribution is 0.0782. The average Bonchev–Trinajstić information content (AvgIpc) is 3.10. The molecule has 1 fully saturated rings. The first kappa shape index (κ1) is 23.3. The molecular formula is C21H33IN4OS. The van der Waals surface area contributed by atoms with Gasteiger partial charge in [0.25, 0.3) is 0 Å². The van der Waals surface area contributed by atoms with E-state index in [1.165, 1.54) is 22.0 Å². The lowest BCUT2D eigenvalue weighted by atomic mass is 9.99. The van der Waals surface area contributed by atoms with Crippen LogP contribution in [0.15, 0.2) is 29.4 Å². The first-order valence-corrected chi connectivity index (χ1v) is 10.9. The molecule has 0 saturated carbocycles. The summed E-state index contributed by atoms with van der Waals surface area (Å²) < 4.78 is 5.83. The van der Waals surface area contributed by atoms with Crippen LogP contribution in [0.2, 0.25) is 0 Å². The van der Waals surface area contributed by atoms with Crippen LogP contribution in [-0.2, 0) is 11.2 Å². The van der Waals surface area contributed by atoms with Gasteiger partial charge in [-0.3, -0.25) is 4.99 Å². The molecule has 0 atom stereocenters. The van der Waals surface area contributed by atoms with Crippen molar-refractivity contribution >= 4 is 52.6 Å². The monoisotopic (exact) mass is 516 g/mol. The fourth-order valence-electron chi connectivity index (χ4n) is 3.85. The van der Waals surface area contributed by atoms with Crippen LogP contribution in [0.3, 0.4) is 0 Å². The predicted octanol–water partition coefficient (Wildman–Crippen LogP) is 4.10. The van der Waals surface area contributed by atoms with E-state index in [9.17, 15) is 0 Å². The largest absolute Gasteiger partial charge is 0.381 e. The number of rotatable bonds is 7. The molecule has 1 aromatic carbocycles. The Labute approximate surface area is 189 Å². The van der Waals surface area contributed by atoms with Crippen molar-refractivity contribution in [3.8, 4) is 0 Å². The molecule has 7 heteroatoms. The number of nitrogens with one attached hydrogen (secondary N) is 3. The summed E-state index contributed by atoms with van der Waals surface area (Å²) in [5.74, 6) is 2.02. The molecule has 0 spiro atoms. The van der Waals surface area contributed by atoms with Gasteiger partial charge < -0.3 is 20.4 Å². The second-order valence-electron chi connectivity index (χ2n) is 7.14. The van der Waals surface area contributed by atoms with Crippen molar-refractivity contribution in [1.29, 1.82) is 0 Å². The van der Waals surface area contributed by atoms with Crippen molar-refractivity contribution in [3.63, 3.8) is 0 Å². The number of halogens is 1. The number of H-pyrrole nitrogens is 1. The van der Waals surface area contributed by atoms with Crippen molar-refractivity contribution in [2.45, 2.75) is 37.9 Å². The molecule has 0 amide bonds. The zero-order chi connectivity index (χ0) is 19.1. The second-order valence-corrected chi connectivity index (χ2v) is 8.87. The number of aliphatic imine (C=N–C) groups is 1. The van der Waals surface area contributed by atoms with Gasteiger partial charge >= 0.3 is 0 Å². The number of aryl methyl sites for hydroxylation is 1.